The molecule has 2 heterocycles. The lowest BCUT2D eigenvalue weighted by molar-refractivity contribution is -0.173. The largest absolute Gasteiger partial charge is 0.355 e. The van der Waals surface area contributed by atoms with Gasteiger partial charge in [-0.3, -0.25) is 14.4 Å². The van der Waals surface area contributed by atoms with Gasteiger partial charge in [-0.2, -0.15) is 0 Å². The number of hydrogen-bond donors (Lipinski definition) is 0. The molecule has 7 heteroatoms. The molecule has 28 heavy (non-hydrogen) atoms. The molecule has 0 spiro atoms. The second-order valence-electron chi connectivity index (χ2n) is 6.89. The van der Waals surface area contributed by atoms with Crippen molar-refractivity contribution in [3.05, 3.63) is 70.8 Å². The van der Waals surface area contributed by atoms with E-state index in [1.54, 1.807) is 30.3 Å². The molecule has 0 saturated carbocycles. The molecule has 0 unspecified atom stereocenters. The molecule has 0 radical (unpaired) electrons. The van der Waals surface area contributed by atoms with Crippen LogP contribution in [0.2, 0.25) is 0 Å². The lowest BCUT2D eigenvalue weighted by Gasteiger charge is -2.24. The average Bonchev–Trinajstić information content (AvgIpc) is 3.28. The second kappa shape index (κ2) is 6.92. The van der Waals surface area contributed by atoms with Crippen LogP contribution in [0.5, 0.6) is 0 Å². The molecule has 1 atom stereocenters. The molecule has 0 bridgehead atoms. The number of carbonyl (C=O) groups excluding carboxylic acids is 4. The Kier molecular flexibility index (Phi) is 4.43. The number of hydrogen-bond acceptors (Lipinski definition) is 5. The summed E-state index contributed by atoms with van der Waals surface area (Å²) in [6.45, 7) is 2.30. The minimum atomic E-state index is -0.836. The molecular weight excluding hydrogens is 360 g/mol. The molecule has 2 aromatic rings. The van der Waals surface area contributed by atoms with Crippen molar-refractivity contribution in [2.75, 3.05) is 6.54 Å². The molecule has 4 rings (SSSR count). The Labute approximate surface area is 161 Å². The van der Waals surface area contributed by atoms with Gasteiger partial charge in [0.1, 0.15) is 6.04 Å². The van der Waals surface area contributed by atoms with E-state index in [1.807, 2.05) is 13.0 Å². The highest BCUT2D eigenvalue weighted by Crippen LogP contribution is 2.26. The van der Waals surface area contributed by atoms with Crippen molar-refractivity contribution < 1.29 is 24.0 Å². The third-order valence-electron chi connectivity index (χ3n) is 4.99. The normalized spacial score (nSPS) is 18.4. The number of fused-ring (bicyclic) bond motifs is 1. The van der Waals surface area contributed by atoms with Crippen molar-refractivity contribution in [1.82, 2.24) is 9.96 Å². The Balaban J connectivity index is 1.51. The topological polar surface area (TPSA) is 84.0 Å². The highest BCUT2D eigenvalue weighted by atomic mass is 16.7. The summed E-state index contributed by atoms with van der Waals surface area (Å²) in [7, 11) is 0. The van der Waals surface area contributed by atoms with Gasteiger partial charge in [0.2, 0.25) is 0 Å². The van der Waals surface area contributed by atoms with Crippen molar-refractivity contribution in [2.45, 2.75) is 25.8 Å². The number of rotatable bonds is 3. The fraction of sp³-hybridized carbons (Fsp3) is 0.238. The summed E-state index contributed by atoms with van der Waals surface area (Å²) in [5.74, 6) is -2.41. The quantitative estimate of drug-likeness (QED) is 0.766. The van der Waals surface area contributed by atoms with E-state index in [0.717, 1.165) is 5.56 Å². The third kappa shape index (κ3) is 2.94. The molecular formula is C21H18N2O5. The zero-order valence-corrected chi connectivity index (χ0v) is 15.3. The van der Waals surface area contributed by atoms with Gasteiger partial charge in [0.05, 0.1) is 11.1 Å². The highest BCUT2D eigenvalue weighted by Gasteiger charge is 2.42. The van der Waals surface area contributed by atoms with Crippen LogP contribution in [-0.2, 0) is 9.63 Å². The van der Waals surface area contributed by atoms with Gasteiger partial charge in [0.15, 0.2) is 0 Å². The standard InChI is InChI=1S/C21H18N2O5/c1-13-6-4-7-14(12-13)18(24)22-11-5-10-17(22)21(27)28-23-19(25)15-8-2-3-9-16(15)20(23)26/h2-4,6-9,12,17H,5,10-11H2,1H3/t17-/m1/s1. The highest BCUT2D eigenvalue weighted by molar-refractivity contribution is 6.21. The van der Waals surface area contributed by atoms with Crippen molar-refractivity contribution in [3.63, 3.8) is 0 Å². The summed E-state index contributed by atoms with van der Waals surface area (Å²) in [4.78, 5) is 56.9. The Bertz CT molecular complexity index is 965. The monoisotopic (exact) mass is 378 g/mol. The van der Waals surface area contributed by atoms with E-state index in [1.165, 1.54) is 17.0 Å². The van der Waals surface area contributed by atoms with Crippen LogP contribution in [0.15, 0.2) is 48.5 Å². The lowest BCUT2D eigenvalue weighted by atomic mass is 10.1. The first kappa shape index (κ1) is 17.9. The Morgan fingerprint density at radius 1 is 1.00 bits per heavy atom. The minimum Gasteiger partial charge on any atom is -0.327 e. The molecule has 2 aliphatic rings. The SMILES string of the molecule is Cc1cccc(C(=O)N2CCC[C@@H]2C(=O)ON2C(=O)c3ccccc3C2=O)c1. The number of carbonyl (C=O) groups is 4. The van der Waals surface area contributed by atoms with E-state index >= 15 is 0 Å². The second-order valence-corrected chi connectivity index (χ2v) is 6.89. The van der Waals surface area contributed by atoms with Crippen LogP contribution in [0.1, 0.15) is 49.5 Å². The van der Waals surface area contributed by atoms with Crippen molar-refractivity contribution in [2.24, 2.45) is 0 Å². The van der Waals surface area contributed by atoms with Gasteiger partial charge in [-0.1, -0.05) is 34.9 Å². The summed E-state index contributed by atoms with van der Waals surface area (Å²) in [5, 5.41) is 0.487. The summed E-state index contributed by atoms with van der Waals surface area (Å²) in [6, 6.07) is 12.6. The molecule has 7 nitrogen and oxygen atoms in total. The van der Waals surface area contributed by atoms with E-state index in [2.05, 4.69) is 0 Å². The molecule has 3 amide bonds. The van der Waals surface area contributed by atoms with Crippen LogP contribution in [0.25, 0.3) is 0 Å². The number of likely N-dealkylation sites (tertiary alicyclic amines) is 1. The Hall–Kier alpha value is -3.48. The number of amides is 3. The van der Waals surface area contributed by atoms with Crippen LogP contribution < -0.4 is 0 Å². The van der Waals surface area contributed by atoms with Crippen LogP contribution in [-0.4, -0.2) is 46.2 Å². The van der Waals surface area contributed by atoms with E-state index < -0.39 is 23.8 Å². The van der Waals surface area contributed by atoms with Crippen molar-refractivity contribution in [3.8, 4) is 0 Å². The molecule has 0 N–H and O–H groups in total. The van der Waals surface area contributed by atoms with Gasteiger partial charge in [0.25, 0.3) is 17.7 Å². The predicted molar refractivity (Wildman–Crippen MR) is 98.3 cm³/mol. The first-order chi connectivity index (χ1) is 13.5. The van der Waals surface area contributed by atoms with Gasteiger partial charge >= 0.3 is 5.97 Å². The molecule has 0 aliphatic carbocycles. The fourth-order valence-electron chi connectivity index (χ4n) is 3.60. The molecule has 1 fully saturated rings. The van der Waals surface area contributed by atoms with Gasteiger partial charge < -0.3 is 9.74 Å². The van der Waals surface area contributed by atoms with Gasteiger partial charge in [-0.05, 0) is 44.0 Å². The Morgan fingerprint density at radius 3 is 2.32 bits per heavy atom. The van der Waals surface area contributed by atoms with Crippen LogP contribution >= 0.6 is 0 Å². The van der Waals surface area contributed by atoms with E-state index in [9.17, 15) is 19.2 Å². The maximum atomic E-state index is 12.8. The summed E-state index contributed by atoms with van der Waals surface area (Å²) in [6.07, 6.45) is 1.05. The van der Waals surface area contributed by atoms with Crippen LogP contribution in [0.4, 0.5) is 0 Å². The summed E-state index contributed by atoms with van der Waals surface area (Å²) >= 11 is 0. The Morgan fingerprint density at radius 2 is 1.68 bits per heavy atom. The van der Waals surface area contributed by atoms with E-state index in [0.29, 0.717) is 30.0 Å². The van der Waals surface area contributed by atoms with Crippen LogP contribution in [0.3, 0.4) is 0 Å². The zero-order chi connectivity index (χ0) is 19.8. The fourth-order valence-corrected chi connectivity index (χ4v) is 3.60. The zero-order valence-electron chi connectivity index (χ0n) is 15.3. The van der Waals surface area contributed by atoms with Gasteiger partial charge in [0, 0.05) is 12.1 Å². The first-order valence-electron chi connectivity index (χ1n) is 9.04. The summed E-state index contributed by atoms with van der Waals surface area (Å²) in [5.41, 5.74) is 1.81. The molecule has 2 aromatic carbocycles. The number of benzene rings is 2. The third-order valence-corrected chi connectivity index (χ3v) is 4.99. The minimum absolute atomic E-state index is 0.194. The van der Waals surface area contributed by atoms with E-state index in [4.69, 9.17) is 4.84 Å². The number of hydroxylamine groups is 2. The molecule has 0 aromatic heterocycles. The van der Waals surface area contributed by atoms with E-state index in [-0.39, 0.29) is 17.0 Å². The van der Waals surface area contributed by atoms with Crippen LogP contribution in [0, 0.1) is 6.92 Å². The molecule has 2 aliphatic heterocycles. The maximum absolute atomic E-state index is 12.8. The average molecular weight is 378 g/mol. The van der Waals surface area contributed by atoms with Gasteiger partial charge in [-0.15, -0.1) is 0 Å². The molecule has 142 valence electrons. The number of imide groups is 1. The van der Waals surface area contributed by atoms with Crippen molar-refractivity contribution >= 4 is 23.7 Å². The summed E-state index contributed by atoms with van der Waals surface area (Å²) < 4.78 is 0. The van der Waals surface area contributed by atoms with Crippen molar-refractivity contribution in [1.29, 1.82) is 0 Å². The smallest absolute Gasteiger partial charge is 0.327 e. The lowest BCUT2D eigenvalue weighted by Crippen LogP contribution is -2.44. The molecule has 1 saturated heterocycles. The number of aryl methyl sites for hydroxylation is 1. The predicted octanol–water partition coefficient (Wildman–Crippen LogP) is 2.35. The number of nitrogens with zero attached hydrogens (tertiary/aromatic N) is 2. The first-order valence-corrected chi connectivity index (χ1v) is 9.04. The maximum Gasteiger partial charge on any atom is 0.355 e. The van der Waals surface area contributed by atoms with Gasteiger partial charge in [-0.25, -0.2) is 4.79 Å².